The molecule has 1 aliphatic rings. The summed E-state index contributed by atoms with van der Waals surface area (Å²) in [4.78, 5) is 1.79. The second-order valence-corrected chi connectivity index (χ2v) is 7.48. The molecule has 3 aromatic rings. The van der Waals surface area contributed by atoms with Gasteiger partial charge >= 0.3 is 0 Å². The van der Waals surface area contributed by atoms with Crippen molar-refractivity contribution in [2.75, 3.05) is 13.1 Å². The van der Waals surface area contributed by atoms with Crippen molar-refractivity contribution in [3.63, 3.8) is 0 Å². The van der Waals surface area contributed by atoms with Crippen molar-refractivity contribution in [1.82, 2.24) is 28.0 Å². The van der Waals surface area contributed by atoms with E-state index in [2.05, 4.69) is 18.9 Å². The fourth-order valence-electron chi connectivity index (χ4n) is 2.66. The Kier molecular flexibility index (Phi) is 3.17. The lowest BCUT2D eigenvalue weighted by atomic mass is 10.3. The summed E-state index contributed by atoms with van der Waals surface area (Å²) >= 11 is 1.02. The fourth-order valence-corrected chi connectivity index (χ4v) is 4.91. The molecule has 0 amide bonds. The molecule has 1 aliphatic heterocycles. The van der Waals surface area contributed by atoms with Crippen LogP contribution in [0.15, 0.2) is 35.5 Å². The predicted molar refractivity (Wildman–Crippen MR) is 79.8 cm³/mol. The zero-order valence-electron chi connectivity index (χ0n) is 11.4. The quantitative estimate of drug-likeness (QED) is 0.706. The molecular formula is C12H12N6O2S2. The van der Waals surface area contributed by atoms with Crippen LogP contribution >= 0.6 is 11.7 Å². The number of nitrogens with zero attached hydrogens (tertiary/aromatic N) is 6. The minimum atomic E-state index is -3.59. The van der Waals surface area contributed by atoms with Crippen molar-refractivity contribution in [3.05, 3.63) is 30.6 Å². The molecule has 2 aromatic heterocycles. The van der Waals surface area contributed by atoms with E-state index in [1.807, 2.05) is 0 Å². The SMILES string of the molecule is O=S(=O)(c1cccc2nsnc12)N1CC[C@H](n2nccn2)C1. The summed E-state index contributed by atoms with van der Waals surface area (Å²) in [5, 5.41) is 8.19. The Bertz CT molecular complexity index is 905. The van der Waals surface area contributed by atoms with Crippen LogP contribution in [0.25, 0.3) is 11.0 Å². The highest BCUT2D eigenvalue weighted by Crippen LogP contribution is 2.29. The van der Waals surface area contributed by atoms with Gasteiger partial charge < -0.3 is 0 Å². The van der Waals surface area contributed by atoms with Gasteiger partial charge in [-0.3, -0.25) is 0 Å². The number of hydrogen-bond donors (Lipinski definition) is 0. The van der Waals surface area contributed by atoms with Crippen LogP contribution in [0.5, 0.6) is 0 Å². The number of fused-ring (bicyclic) bond motifs is 1. The van der Waals surface area contributed by atoms with Crippen LogP contribution in [0.1, 0.15) is 12.5 Å². The van der Waals surface area contributed by atoms with E-state index in [1.54, 1.807) is 35.4 Å². The van der Waals surface area contributed by atoms with Crippen LogP contribution in [0.4, 0.5) is 0 Å². The third-order valence-electron chi connectivity index (χ3n) is 3.76. The van der Waals surface area contributed by atoms with Gasteiger partial charge in [-0.25, -0.2) is 8.42 Å². The molecular weight excluding hydrogens is 324 g/mol. The Hall–Kier alpha value is -1.91. The first-order chi connectivity index (χ1) is 10.7. The Labute approximate surface area is 130 Å². The van der Waals surface area contributed by atoms with E-state index in [0.717, 1.165) is 11.7 Å². The number of aromatic nitrogens is 5. The van der Waals surface area contributed by atoms with Crippen molar-refractivity contribution in [2.24, 2.45) is 0 Å². The molecule has 0 saturated carbocycles. The number of hydrogen-bond acceptors (Lipinski definition) is 7. The first-order valence-electron chi connectivity index (χ1n) is 6.73. The number of sulfonamides is 1. The first kappa shape index (κ1) is 13.7. The maximum atomic E-state index is 12.9. The van der Waals surface area contributed by atoms with Crippen molar-refractivity contribution >= 4 is 32.8 Å². The molecule has 22 heavy (non-hydrogen) atoms. The lowest BCUT2D eigenvalue weighted by molar-refractivity contribution is 0.402. The monoisotopic (exact) mass is 336 g/mol. The predicted octanol–water partition coefficient (Wildman–Crippen LogP) is 0.918. The average Bonchev–Trinajstić information content (AvgIpc) is 3.25. The van der Waals surface area contributed by atoms with Gasteiger partial charge in [0.05, 0.1) is 30.2 Å². The summed E-state index contributed by atoms with van der Waals surface area (Å²) in [6, 6.07) is 5.01. The van der Waals surface area contributed by atoms with Crippen LogP contribution in [0.2, 0.25) is 0 Å². The van der Waals surface area contributed by atoms with Crippen molar-refractivity contribution in [1.29, 1.82) is 0 Å². The second kappa shape index (κ2) is 5.07. The molecule has 0 spiro atoms. The van der Waals surface area contributed by atoms with E-state index >= 15 is 0 Å². The molecule has 3 heterocycles. The molecule has 0 bridgehead atoms. The Balaban J connectivity index is 1.69. The standard InChI is InChI=1S/C12H12N6O2S2/c19-22(20,11-3-1-2-10-12(11)16-21-15-10)17-7-4-9(8-17)18-13-5-6-14-18/h1-3,5-6,9H,4,7-8H2/t9-/m0/s1. The van der Waals surface area contributed by atoms with Gasteiger partial charge in [-0.05, 0) is 18.6 Å². The van der Waals surface area contributed by atoms with Gasteiger partial charge in [-0.2, -0.15) is 28.0 Å². The van der Waals surface area contributed by atoms with Crippen LogP contribution in [-0.4, -0.2) is 49.6 Å². The summed E-state index contributed by atoms with van der Waals surface area (Å²) < 4.78 is 35.4. The number of benzene rings is 1. The first-order valence-corrected chi connectivity index (χ1v) is 8.90. The molecule has 1 aromatic carbocycles. The molecule has 0 aliphatic carbocycles. The van der Waals surface area contributed by atoms with Gasteiger partial charge in [-0.1, -0.05) is 6.07 Å². The topological polar surface area (TPSA) is 93.9 Å². The molecule has 10 heteroatoms. The van der Waals surface area contributed by atoms with E-state index in [1.165, 1.54) is 4.31 Å². The third-order valence-corrected chi connectivity index (χ3v) is 6.20. The summed E-state index contributed by atoms with van der Waals surface area (Å²) in [7, 11) is -3.59. The van der Waals surface area contributed by atoms with Crippen LogP contribution < -0.4 is 0 Å². The summed E-state index contributed by atoms with van der Waals surface area (Å²) in [5.74, 6) is 0. The van der Waals surface area contributed by atoms with E-state index in [9.17, 15) is 8.42 Å². The molecule has 0 unspecified atom stereocenters. The summed E-state index contributed by atoms with van der Waals surface area (Å²) in [6.07, 6.45) is 3.89. The van der Waals surface area contributed by atoms with Crippen molar-refractivity contribution in [2.45, 2.75) is 17.4 Å². The summed E-state index contributed by atoms with van der Waals surface area (Å²) in [6.45, 7) is 0.813. The third kappa shape index (κ3) is 2.11. The van der Waals surface area contributed by atoms with E-state index in [-0.39, 0.29) is 10.9 Å². The summed E-state index contributed by atoms with van der Waals surface area (Å²) in [5.41, 5.74) is 1.05. The lowest BCUT2D eigenvalue weighted by Crippen LogP contribution is -2.29. The minimum absolute atomic E-state index is 0.0301. The molecule has 1 atom stereocenters. The van der Waals surface area contributed by atoms with Crippen LogP contribution in [-0.2, 0) is 10.0 Å². The van der Waals surface area contributed by atoms with E-state index in [4.69, 9.17) is 0 Å². The molecule has 0 radical (unpaired) electrons. The maximum absolute atomic E-state index is 12.9. The zero-order chi connectivity index (χ0) is 15.2. The Morgan fingerprint density at radius 3 is 2.82 bits per heavy atom. The molecule has 0 N–H and O–H groups in total. The van der Waals surface area contributed by atoms with Gasteiger partial charge in [0.1, 0.15) is 15.9 Å². The van der Waals surface area contributed by atoms with Crippen molar-refractivity contribution < 1.29 is 8.42 Å². The largest absolute Gasteiger partial charge is 0.245 e. The van der Waals surface area contributed by atoms with E-state index < -0.39 is 10.0 Å². The van der Waals surface area contributed by atoms with Gasteiger partial charge in [-0.15, -0.1) is 0 Å². The van der Waals surface area contributed by atoms with Crippen molar-refractivity contribution in [3.8, 4) is 0 Å². The molecule has 8 nitrogen and oxygen atoms in total. The maximum Gasteiger partial charge on any atom is 0.245 e. The smallest absolute Gasteiger partial charge is 0.207 e. The fraction of sp³-hybridized carbons (Fsp3) is 0.333. The Morgan fingerprint density at radius 2 is 2.00 bits per heavy atom. The lowest BCUT2D eigenvalue weighted by Gasteiger charge is -2.16. The normalized spacial score (nSPS) is 19.9. The molecule has 114 valence electrons. The van der Waals surface area contributed by atoms with Gasteiger partial charge in [0.15, 0.2) is 0 Å². The van der Waals surface area contributed by atoms with Gasteiger partial charge in [0, 0.05) is 13.1 Å². The van der Waals surface area contributed by atoms with Gasteiger partial charge in [0.2, 0.25) is 10.0 Å². The Morgan fingerprint density at radius 1 is 1.18 bits per heavy atom. The van der Waals surface area contributed by atoms with Gasteiger partial charge in [0.25, 0.3) is 0 Å². The molecule has 1 saturated heterocycles. The zero-order valence-corrected chi connectivity index (χ0v) is 13.0. The highest BCUT2D eigenvalue weighted by Gasteiger charge is 2.35. The molecule has 1 fully saturated rings. The minimum Gasteiger partial charge on any atom is -0.207 e. The second-order valence-electron chi connectivity index (χ2n) is 5.04. The number of rotatable bonds is 3. The van der Waals surface area contributed by atoms with Crippen LogP contribution in [0, 0.1) is 0 Å². The average molecular weight is 336 g/mol. The highest BCUT2D eigenvalue weighted by atomic mass is 32.2. The molecule has 4 rings (SSSR count). The van der Waals surface area contributed by atoms with E-state index in [0.29, 0.717) is 30.5 Å². The van der Waals surface area contributed by atoms with Crippen LogP contribution in [0.3, 0.4) is 0 Å². The highest BCUT2D eigenvalue weighted by molar-refractivity contribution is 7.89.